The first kappa shape index (κ1) is 12.3. The zero-order valence-corrected chi connectivity index (χ0v) is 9.77. The first-order valence-electron chi connectivity index (χ1n) is 4.79. The van der Waals surface area contributed by atoms with Crippen LogP contribution in [0.15, 0.2) is 34.2 Å². The van der Waals surface area contributed by atoms with Gasteiger partial charge in [0.25, 0.3) is 10.0 Å². The maximum absolute atomic E-state index is 11.7. The molecule has 0 aliphatic heterocycles. The summed E-state index contributed by atoms with van der Waals surface area (Å²) < 4.78 is 30.4. The number of carbonyl (C=O) groups is 1. The molecule has 18 heavy (non-hydrogen) atoms. The molecule has 0 aromatic carbocycles. The second-order valence-corrected chi connectivity index (χ2v) is 5.02. The molecule has 0 saturated carbocycles. The van der Waals surface area contributed by atoms with Crippen molar-refractivity contribution in [1.82, 2.24) is 14.7 Å². The summed E-state index contributed by atoms with van der Waals surface area (Å²) in [4.78, 5) is 17.0. The Labute approximate surface area is 102 Å². The molecule has 0 amide bonds. The van der Waals surface area contributed by atoms with E-state index >= 15 is 0 Å². The number of H-pyrrole nitrogens is 1. The number of furan rings is 1. The van der Waals surface area contributed by atoms with Crippen LogP contribution in [0.2, 0.25) is 0 Å². The average molecular weight is 271 g/mol. The van der Waals surface area contributed by atoms with Gasteiger partial charge in [-0.15, -0.1) is 0 Å². The first-order chi connectivity index (χ1) is 8.49. The fraction of sp³-hybridized carbons (Fsp3) is 0.111. The van der Waals surface area contributed by atoms with Crippen molar-refractivity contribution in [2.24, 2.45) is 0 Å². The summed E-state index contributed by atoms with van der Waals surface area (Å²) in [5.74, 6) is -1.76. The standard InChI is InChI=1S/C9H9N3O5S/c13-9(14)7-1-2-8(17-7)18(15,16)12-4-6-3-10-5-11-6/h1-3,5,12H,4H2,(H,10,11)(H,13,14). The topological polar surface area (TPSA) is 125 Å². The minimum Gasteiger partial charge on any atom is -0.475 e. The second kappa shape index (κ2) is 4.63. The number of aromatic carboxylic acids is 1. The third-order valence-electron chi connectivity index (χ3n) is 2.06. The van der Waals surface area contributed by atoms with Gasteiger partial charge in [-0.3, -0.25) is 0 Å². The minimum atomic E-state index is -3.88. The molecule has 2 heterocycles. The van der Waals surface area contributed by atoms with Crippen molar-refractivity contribution in [2.45, 2.75) is 11.6 Å². The average Bonchev–Trinajstić information content (AvgIpc) is 2.98. The molecule has 0 atom stereocenters. The van der Waals surface area contributed by atoms with Gasteiger partial charge in [-0.2, -0.15) is 0 Å². The van der Waals surface area contributed by atoms with Crippen LogP contribution in [0.5, 0.6) is 0 Å². The van der Waals surface area contributed by atoms with Gasteiger partial charge in [-0.05, 0) is 12.1 Å². The summed E-state index contributed by atoms with van der Waals surface area (Å²) >= 11 is 0. The van der Waals surface area contributed by atoms with Crippen LogP contribution in [0, 0.1) is 0 Å². The molecule has 8 nitrogen and oxygen atoms in total. The Hall–Kier alpha value is -2.13. The number of aromatic nitrogens is 2. The Morgan fingerprint density at radius 2 is 2.28 bits per heavy atom. The molecule has 0 unspecified atom stereocenters. The Kier molecular flexibility index (Phi) is 3.17. The van der Waals surface area contributed by atoms with E-state index in [1.807, 2.05) is 0 Å². The number of sulfonamides is 1. The highest BCUT2D eigenvalue weighted by Crippen LogP contribution is 2.13. The highest BCUT2D eigenvalue weighted by molar-refractivity contribution is 7.89. The van der Waals surface area contributed by atoms with Crippen molar-refractivity contribution in [3.05, 3.63) is 36.1 Å². The van der Waals surface area contributed by atoms with Gasteiger partial charge in [0.1, 0.15) is 0 Å². The molecule has 0 bridgehead atoms. The molecular formula is C9H9N3O5S. The van der Waals surface area contributed by atoms with Gasteiger partial charge < -0.3 is 14.5 Å². The van der Waals surface area contributed by atoms with Crippen LogP contribution < -0.4 is 4.72 Å². The largest absolute Gasteiger partial charge is 0.475 e. The van der Waals surface area contributed by atoms with Crippen LogP contribution in [0.25, 0.3) is 0 Å². The van der Waals surface area contributed by atoms with Crippen molar-refractivity contribution in [3.63, 3.8) is 0 Å². The zero-order valence-electron chi connectivity index (χ0n) is 8.95. The van der Waals surface area contributed by atoms with E-state index in [2.05, 4.69) is 14.7 Å². The number of hydrogen-bond acceptors (Lipinski definition) is 5. The van der Waals surface area contributed by atoms with Gasteiger partial charge in [0, 0.05) is 11.9 Å². The minimum absolute atomic E-state index is 0.00539. The SMILES string of the molecule is O=C(O)c1ccc(S(=O)(=O)NCc2cnc[nH]2)o1. The smallest absolute Gasteiger partial charge is 0.371 e. The highest BCUT2D eigenvalue weighted by atomic mass is 32.2. The third-order valence-corrected chi connectivity index (χ3v) is 3.34. The molecule has 9 heteroatoms. The van der Waals surface area contributed by atoms with E-state index in [4.69, 9.17) is 9.52 Å². The van der Waals surface area contributed by atoms with Crippen LogP contribution in [0.1, 0.15) is 16.2 Å². The Morgan fingerprint density at radius 1 is 1.50 bits per heavy atom. The summed E-state index contributed by atoms with van der Waals surface area (Å²) in [5.41, 5.74) is 0.573. The molecule has 2 rings (SSSR count). The van der Waals surface area contributed by atoms with Gasteiger partial charge >= 0.3 is 5.97 Å². The van der Waals surface area contributed by atoms with Crippen molar-refractivity contribution in [2.75, 3.05) is 0 Å². The number of rotatable bonds is 5. The number of nitrogens with zero attached hydrogens (tertiary/aromatic N) is 1. The maximum Gasteiger partial charge on any atom is 0.371 e. The third kappa shape index (κ3) is 2.57. The monoisotopic (exact) mass is 271 g/mol. The van der Waals surface area contributed by atoms with E-state index in [0.29, 0.717) is 5.69 Å². The molecule has 2 aromatic heterocycles. The summed E-state index contributed by atoms with van der Waals surface area (Å²) in [6.45, 7) is 0.00539. The number of carboxylic acid groups (broad SMARTS) is 1. The molecule has 0 aliphatic carbocycles. The molecule has 0 saturated heterocycles. The lowest BCUT2D eigenvalue weighted by atomic mass is 10.5. The zero-order chi connectivity index (χ0) is 13.2. The number of aromatic amines is 1. The summed E-state index contributed by atoms with van der Waals surface area (Å²) in [5, 5.41) is 8.18. The number of nitrogens with one attached hydrogen (secondary N) is 2. The van der Waals surface area contributed by atoms with Gasteiger partial charge in [0.05, 0.1) is 12.9 Å². The van der Waals surface area contributed by atoms with E-state index in [1.54, 1.807) is 0 Å². The molecular weight excluding hydrogens is 262 g/mol. The van der Waals surface area contributed by atoms with Gasteiger partial charge in [-0.25, -0.2) is 22.9 Å². The predicted molar refractivity (Wildman–Crippen MR) is 58.3 cm³/mol. The molecule has 0 spiro atoms. The Morgan fingerprint density at radius 3 is 2.83 bits per heavy atom. The number of imidazole rings is 1. The normalized spacial score (nSPS) is 11.6. The van der Waals surface area contributed by atoms with Crippen molar-refractivity contribution in [3.8, 4) is 0 Å². The predicted octanol–water partition coefficient (Wildman–Crippen LogP) is 0.179. The van der Waals surface area contributed by atoms with Gasteiger partial charge in [0.15, 0.2) is 0 Å². The molecule has 96 valence electrons. The van der Waals surface area contributed by atoms with Crippen LogP contribution in [-0.4, -0.2) is 29.5 Å². The number of hydrogen-bond donors (Lipinski definition) is 3. The summed E-state index contributed by atoms with van der Waals surface area (Å²) in [6.07, 6.45) is 2.88. The molecule has 0 aliphatic rings. The Balaban J connectivity index is 2.12. The van der Waals surface area contributed by atoms with E-state index in [9.17, 15) is 13.2 Å². The van der Waals surface area contributed by atoms with Crippen molar-refractivity contribution in [1.29, 1.82) is 0 Å². The lowest BCUT2D eigenvalue weighted by molar-refractivity contribution is 0.0656. The van der Waals surface area contributed by atoms with Gasteiger partial charge in [0.2, 0.25) is 10.9 Å². The summed E-state index contributed by atoms with van der Waals surface area (Å²) in [6, 6.07) is 2.16. The van der Waals surface area contributed by atoms with Gasteiger partial charge in [-0.1, -0.05) is 0 Å². The first-order valence-corrected chi connectivity index (χ1v) is 6.27. The van der Waals surface area contributed by atoms with Crippen LogP contribution in [-0.2, 0) is 16.6 Å². The fourth-order valence-electron chi connectivity index (χ4n) is 1.20. The lowest BCUT2D eigenvalue weighted by Gasteiger charge is -2.01. The maximum atomic E-state index is 11.7. The van der Waals surface area contributed by atoms with Crippen LogP contribution in [0.4, 0.5) is 0 Å². The van der Waals surface area contributed by atoms with Crippen molar-refractivity contribution < 1.29 is 22.7 Å². The molecule has 0 radical (unpaired) electrons. The molecule has 2 aromatic rings. The quantitative estimate of drug-likeness (QED) is 0.712. The second-order valence-electron chi connectivity index (χ2n) is 3.33. The summed E-state index contributed by atoms with van der Waals surface area (Å²) in [7, 11) is -3.88. The van der Waals surface area contributed by atoms with E-state index < -0.39 is 26.8 Å². The van der Waals surface area contributed by atoms with Crippen LogP contribution >= 0.6 is 0 Å². The molecule has 3 N–H and O–H groups in total. The van der Waals surface area contributed by atoms with Crippen LogP contribution in [0.3, 0.4) is 0 Å². The molecule has 0 fully saturated rings. The van der Waals surface area contributed by atoms with E-state index in [0.717, 1.165) is 12.1 Å². The highest BCUT2D eigenvalue weighted by Gasteiger charge is 2.20. The van der Waals surface area contributed by atoms with Crippen molar-refractivity contribution >= 4 is 16.0 Å². The number of carboxylic acids is 1. The lowest BCUT2D eigenvalue weighted by Crippen LogP contribution is -2.23. The fourth-order valence-corrected chi connectivity index (χ4v) is 2.14. The Bertz CT molecular complexity index is 644. The van der Waals surface area contributed by atoms with E-state index in [-0.39, 0.29) is 6.54 Å². The van der Waals surface area contributed by atoms with E-state index in [1.165, 1.54) is 12.5 Å².